The fraction of sp³-hybridized carbons (Fsp3) is 0.250. The quantitative estimate of drug-likeness (QED) is 0.820. The highest BCUT2D eigenvalue weighted by molar-refractivity contribution is 6.78. The molecule has 0 aliphatic carbocycles. The van der Waals surface area contributed by atoms with Crippen LogP contribution in [0.5, 0.6) is 11.5 Å². The van der Waals surface area contributed by atoms with Crippen LogP contribution < -0.4 is 19.8 Å². The van der Waals surface area contributed by atoms with Crippen LogP contribution in [0.15, 0.2) is 48.5 Å². The maximum Gasteiger partial charge on any atom is 0.280 e. The maximum absolute atomic E-state index is 10.5. The zero-order valence-electron chi connectivity index (χ0n) is 11.8. The van der Waals surface area contributed by atoms with E-state index in [0.717, 1.165) is 21.9 Å². The van der Waals surface area contributed by atoms with E-state index in [-0.39, 0.29) is 0 Å². The van der Waals surface area contributed by atoms with E-state index < -0.39 is 9.04 Å². The third-order valence-corrected chi connectivity index (χ3v) is 4.64. The smallest absolute Gasteiger partial charge is 0.280 e. The Morgan fingerprint density at radius 3 is 1.40 bits per heavy atom. The SMILES string of the molecule is CCOc1ccc([Si](O)c2ccc(OCC)cc2)cc1. The van der Waals surface area contributed by atoms with Crippen molar-refractivity contribution in [1.29, 1.82) is 0 Å². The summed E-state index contributed by atoms with van der Waals surface area (Å²) in [4.78, 5) is 10.5. The van der Waals surface area contributed by atoms with Gasteiger partial charge in [-0.3, -0.25) is 0 Å². The molecule has 0 amide bonds. The highest BCUT2D eigenvalue weighted by atomic mass is 28.3. The molecule has 0 spiro atoms. The first-order valence-electron chi connectivity index (χ1n) is 6.77. The molecule has 105 valence electrons. The lowest BCUT2D eigenvalue weighted by Gasteiger charge is -2.10. The summed E-state index contributed by atoms with van der Waals surface area (Å²) >= 11 is 0. The molecule has 1 N–H and O–H groups in total. The fourth-order valence-electron chi connectivity index (χ4n) is 1.92. The third kappa shape index (κ3) is 3.62. The van der Waals surface area contributed by atoms with Gasteiger partial charge in [-0.1, -0.05) is 24.3 Å². The lowest BCUT2D eigenvalue weighted by atomic mass is 10.3. The Balaban J connectivity index is 2.11. The van der Waals surface area contributed by atoms with E-state index in [2.05, 4.69) is 0 Å². The monoisotopic (exact) mass is 287 g/mol. The van der Waals surface area contributed by atoms with Gasteiger partial charge < -0.3 is 14.3 Å². The van der Waals surface area contributed by atoms with Crippen LogP contribution in [0.25, 0.3) is 0 Å². The molecule has 0 saturated carbocycles. The second-order valence-corrected chi connectivity index (χ2v) is 6.12. The Hall–Kier alpha value is -1.78. The highest BCUT2D eigenvalue weighted by Gasteiger charge is 2.14. The van der Waals surface area contributed by atoms with Crippen molar-refractivity contribution >= 4 is 19.4 Å². The fourth-order valence-corrected chi connectivity index (χ4v) is 3.22. The van der Waals surface area contributed by atoms with Gasteiger partial charge in [-0.25, -0.2) is 0 Å². The second-order valence-electron chi connectivity index (χ2n) is 4.26. The van der Waals surface area contributed by atoms with Gasteiger partial charge in [-0.2, -0.15) is 0 Å². The van der Waals surface area contributed by atoms with Crippen LogP contribution in [0.3, 0.4) is 0 Å². The number of ether oxygens (including phenoxy) is 2. The zero-order valence-corrected chi connectivity index (χ0v) is 12.8. The molecule has 0 heterocycles. The molecule has 0 aliphatic rings. The van der Waals surface area contributed by atoms with Crippen molar-refractivity contribution in [3.8, 4) is 11.5 Å². The van der Waals surface area contributed by atoms with Crippen LogP contribution in [-0.2, 0) is 0 Å². The van der Waals surface area contributed by atoms with Crippen molar-refractivity contribution in [2.24, 2.45) is 0 Å². The summed E-state index contributed by atoms with van der Waals surface area (Å²) in [6.45, 7) is 5.20. The van der Waals surface area contributed by atoms with E-state index in [9.17, 15) is 4.80 Å². The van der Waals surface area contributed by atoms with Gasteiger partial charge in [0.1, 0.15) is 11.5 Å². The standard InChI is InChI=1S/C16H19O3Si/c1-3-18-13-5-9-15(10-6-13)20(17)16-11-7-14(8-12-16)19-4-2/h5-12,17H,3-4H2,1-2H3. The molecule has 0 saturated heterocycles. The summed E-state index contributed by atoms with van der Waals surface area (Å²) in [5.74, 6) is 1.66. The summed E-state index contributed by atoms with van der Waals surface area (Å²) in [6.07, 6.45) is 0. The molecule has 0 unspecified atom stereocenters. The molecular formula is C16H19O3Si. The van der Waals surface area contributed by atoms with E-state index >= 15 is 0 Å². The summed E-state index contributed by atoms with van der Waals surface area (Å²) in [6, 6.07) is 15.3. The molecule has 1 radical (unpaired) electrons. The Morgan fingerprint density at radius 2 is 1.10 bits per heavy atom. The van der Waals surface area contributed by atoms with Crippen molar-refractivity contribution in [2.45, 2.75) is 13.8 Å². The van der Waals surface area contributed by atoms with Crippen LogP contribution in [0.1, 0.15) is 13.8 Å². The van der Waals surface area contributed by atoms with Crippen molar-refractivity contribution in [1.82, 2.24) is 0 Å². The molecule has 0 atom stereocenters. The topological polar surface area (TPSA) is 38.7 Å². The Bertz CT molecular complexity index is 473. The van der Waals surface area contributed by atoms with Gasteiger partial charge in [-0.05, 0) is 48.5 Å². The predicted octanol–water partition coefficient (Wildman–Crippen LogP) is 1.58. The van der Waals surface area contributed by atoms with Gasteiger partial charge in [-0.15, -0.1) is 0 Å². The lowest BCUT2D eigenvalue weighted by Crippen LogP contribution is -2.42. The van der Waals surface area contributed by atoms with Crippen molar-refractivity contribution in [3.63, 3.8) is 0 Å². The molecule has 0 aliphatic heterocycles. The van der Waals surface area contributed by atoms with E-state index in [1.807, 2.05) is 62.4 Å². The normalized spacial score (nSPS) is 10.6. The first-order valence-corrected chi connectivity index (χ1v) is 8.21. The second kappa shape index (κ2) is 7.12. The van der Waals surface area contributed by atoms with Crippen LogP contribution >= 0.6 is 0 Å². The minimum Gasteiger partial charge on any atom is -0.494 e. The molecule has 3 nitrogen and oxygen atoms in total. The van der Waals surface area contributed by atoms with Crippen LogP contribution in [0.2, 0.25) is 0 Å². The van der Waals surface area contributed by atoms with Crippen LogP contribution in [0.4, 0.5) is 0 Å². The number of benzene rings is 2. The van der Waals surface area contributed by atoms with Crippen molar-refractivity contribution in [3.05, 3.63) is 48.5 Å². The largest absolute Gasteiger partial charge is 0.494 e. The molecule has 2 aromatic carbocycles. The molecule has 4 heteroatoms. The van der Waals surface area contributed by atoms with Gasteiger partial charge in [0.05, 0.1) is 13.2 Å². The van der Waals surface area contributed by atoms with Crippen molar-refractivity contribution in [2.75, 3.05) is 13.2 Å². The summed E-state index contributed by atoms with van der Waals surface area (Å²) in [7, 11) is -1.72. The number of hydrogen-bond donors (Lipinski definition) is 1. The Kier molecular flexibility index (Phi) is 5.21. The molecular weight excluding hydrogens is 268 g/mol. The number of rotatable bonds is 6. The van der Waals surface area contributed by atoms with E-state index in [1.165, 1.54) is 0 Å². The van der Waals surface area contributed by atoms with Gasteiger partial charge in [0, 0.05) is 0 Å². The van der Waals surface area contributed by atoms with E-state index in [1.54, 1.807) is 0 Å². The summed E-state index contributed by atoms with van der Waals surface area (Å²) < 4.78 is 10.8. The number of hydrogen-bond acceptors (Lipinski definition) is 3. The van der Waals surface area contributed by atoms with Crippen LogP contribution in [-0.4, -0.2) is 27.0 Å². The third-order valence-electron chi connectivity index (χ3n) is 2.88. The van der Waals surface area contributed by atoms with E-state index in [0.29, 0.717) is 13.2 Å². The van der Waals surface area contributed by atoms with Crippen LogP contribution in [0, 0.1) is 0 Å². The first kappa shape index (κ1) is 14.6. The van der Waals surface area contributed by atoms with Gasteiger partial charge >= 0.3 is 0 Å². The molecule has 2 rings (SSSR count). The van der Waals surface area contributed by atoms with Crippen molar-refractivity contribution < 1.29 is 14.3 Å². The lowest BCUT2D eigenvalue weighted by molar-refractivity contribution is 0.340. The maximum atomic E-state index is 10.5. The molecule has 0 bridgehead atoms. The minimum atomic E-state index is -1.72. The average Bonchev–Trinajstić information content (AvgIpc) is 2.49. The highest BCUT2D eigenvalue weighted by Crippen LogP contribution is 2.09. The Labute approximate surface area is 121 Å². The van der Waals surface area contributed by atoms with Gasteiger partial charge in [0.25, 0.3) is 9.04 Å². The summed E-state index contributed by atoms with van der Waals surface area (Å²) in [5, 5.41) is 1.89. The van der Waals surface area contributed by atoms with Gasteiger partial charge in [0.15, 0.2) is 0 Å². The van der Waals surface area contributed by atoms with E-state index in [4.69, 9.17) is 9.47 Å². The molecule has 2 aromatic rings. The van der Waals surface area contributed by atoms with Gasteiger partial charge in [0.2, 0.25) is 0 Å². The minimum absolute atomic E-state index is 0.648. The molecule has 0 fully saturated rings. The molecule has 20 heavy (non-hydrogen) atoms. The average molecular weight is 287 g/mol. The predicted molar refractivity (Wildman–Crippen MR) is 82.5 cm³/mol. The Morgan fingerprint density at radius 1 is 0.750 bits per heavy atom. The first-order chi connectivity index (χ1) is 9.74. The molecule has 0 aromatic heterocycles. The zero-order chi connectivity index (χ0) is 14.4. The summed E-state index contributed by atoms with van der Waals surface area (Å²) in [5.41, 5.74) is 0.